The first-order chi connectivity index (χ1) is 13.2. The second kappa shape index (κ2) is 8.41. The molecule has 2 aromatic rings. The highest BCUT2D eigenvalue weighted by molar-refractivity contribution is 6.31. The van der Waals surface area contributed by atoms with Gasteiger partial charge in [0.25, 0.3) is 0 Å². The first-order valence-electron chi connectivity index (χ1n) is 9.92. The van der Waals surface area contributed by atoms with Crippen molar-refractivity contribution in [2.24, 2.45) is 0 Å². The number of likely N-dealkylation sites (tertiary alicyclic amines) is 2. The van der Waals surface area contributed by atoms with Crippen LogP contribution in [0.15, 0.2) is 42.5 Å². The van der Waals surface area contributed by atoms with E-state index in [1.165, 1.54) is 0 Å². The molecular weight excluding hydrogens is 358 g/mol. The molecule has 1 aromatic heterocycles. The SMILES string of the molecule is O=C(CN1CCC[C@H]1c1cccc(Cc2ccccc2Cl)n1)N1CCCC1. The van der Waals surface area contributed by atoms with Gasteiger partial charge in [-0.15, -0.1) is 0 Å². The molecule has 2 fully saturated rings. The topological polar surface area (TPSA) is 36.4 Å². The molecule has 4 nitrogen and oxygen atoms in total. The van der Waals surface area contributed by atoms with Gasteiger partial charge in [-0.2, -0.15) is 0 Å². The minimum absolute atomic E-state index is 0.239. The van der Waals surface area contributed by atoms with Gasteiger partial charge in [-0.1, -0.05) is 35.9 Å². The largest absolute Gasteiger partial charge is 0.342 e. The smallest absolute Gasteiger partial charge is 0.236 e. The number of rotatable bonds is 5. The number of halogens is 1. The first-order valence-corrected chi connectivity index (χ1v) is 10.3. The van der Waals surface area contributed by atoms with E-state index in [9.17, 15) is 4.79 Å². The molecule has 1 amide bonds. The minimum atomic E-state index is 0.239. The van der Waals surface area contributed by atoms with E-state index in [2.05, 4.69) is 23.1 Å². The van der Waals surface area contributed by atoms with Gasteiger partial charge in [-0.05, 0) is 56.0 Å². The molecule has 1 aromatic carbocycles. The zero-order valence-corrected chi connectivity index (χ0v) is 16.4. The van der Waals surface area contributed by atoms with Gasteiger partial charge in [0.15, 0.2) is 0 Å². The van der Waals surface area contributed by atoms with E-state index in [4.69, 9.17) is 16.6 Å². The van der Waals surface area contributed by atoms with E-state index in [-0.39, 0.29) is 11.9 Å². The van der Waals surface area contributed by atoms with Crippen LogP contribution in [-0.2, 0) is 11.2 Å². The number of aromatic nitrogens is 1. The quantitative estimate of drug-likeness (QED) is 0.780. The summed E-state index contributed by atoms with van der Waals surface area (Å²) in [4.78, 5) is 21.8. The Balaban J connectivity index is 1.47. The Bertz CT molecular complexity index is 804. The van der Waals surface area contributed by atoms with Crippen LogP contribution in [0.2, 0.25) is 5.02 Å². The highest BCUT2D eigenvalue weighted by Gasteiger charge is 2.30. The summed E-state index contributed by atoms with van der Waals surface area (Å²) < 4.78 is 0. The van der Waals surface area contributed by atoms with E-state index in [1.54, 1.807) is 0 Å². The summed E-state index contributed by atoms with van der Waals surface area (Å²) in [5.74, 6) is 0.270. The lowest BCUT2D eigenvalue weighted by Gasteiger charge is -2.26. The lowest BCUT2D eigenvalue weighted by molar-refractivity contribution is -0.131. The predicted octanol–water partition coefficient (Wildman–Crippen LogP) is 4.09. The molecule has 1 atom stereocenters. The van der Waals surface area contributed by atoms with Crippen LogP contribution in [0.3, 0.4) is 0 Å². The highest BCUT2D eigenvalue weighted by atomic mass is 35.5. The zero-order chi connectivity index (χ0) is 18.6. The Morgan fingerprint density at radius 2 is 1.85 bits per heavy atom. The average molecular weight is 384 g/mol. The summed E-state index contributed by atoms with van der Waals surface area (Å²) in [6, 6.07) is 14.4. The molecule has 2 aliphatic rings. The number of carbonyl (C=O) groups is 1. The Kier molecular flexibility index (Phi) is 5.74. The molecule has 0 unspecified atom stereocenters. The van der Waals surface area contributed by atoms with Crippen molar-refractivity contribution >= 4 is 17.5 Å². The normalized spacial score (nSPS) is 20.3. The first kappa shape index (κ1) is 18.5. The summed E-state index contributed by atoms with van der Waals surface area (Å²) in [7, 11) is 0. The van der Waals surface area contributed by atoms with Crippen molar-refractivity contribution < 1.29 is 4.79 Å². The third kappa shape index (κ3) is 4.33. The second-order valence-electron chi connectivity index (χ2n) is 7.54. The summed E-state index contributed by atoms with van der Waals surface area (Å²) >= 11 is 6.31. The number of carbonyl (C=O) groups excluding carboxylic acids is 1. The maximum Gasteiger partial charge on any atom is 0.236 e. The number of benzene rings is 1. The fourth-order valence-electron chi connectivity index (χ4n) is 4.21. The molecule has 5 heteroatoms. The number of nitrogens with zero attached hydrogens (tertiary/aromatic N) is 3. The lowest BCUT2D eigenvalue weighted by Crippen LogP contribution is -2.38. The van der Waals surface area contributed by atoms with Crippen molar-refractivity contribution in [1.29, 1.82) is 0 Å². The van der Waals surface area contributed by atoms with Crippen LogP contribution in [0.5, 0.6) is 0 Å². The van der Waals surface area contributed by atoms with E-state index in [0.717, 1.165) is 73.7 Å². The van der Waals surface area contributed by atoms with Crippen molar-refractivity contribution in [3.05, 3.63) is 64.4 Å². The maximum absolute atomic E-state index is 12.6. The Morgan fingerprint density at radius 3 is 2.67 bits per heavy atom. The third-order valence-corrected chi connectivity index (χ3v) is 6.03. The molecule has 0 bridgehead atoms. The Hall–Kier alpha value is -1.91. The average Bonchev–Trinajstić information content (AvgIpc) is 3.36. The minimum Gasteiger partial charge on any atom is -0.342 e. The molecule has 4 rings (SSSR count). The maximum atomic E-state index is 12.6. The lowest BCUT2D eigenvalue weighted by atomic mass is 10.1. The van der Waals surface area contributed by atoms with Crippen LogP contribution in [0.1, 0.15) is 48.7 Å². The monoisotopic (exact) mass is 383 g/mol. The van der Waals surface area contributed by atoms with Crippen molar-refractivity contribution in [2.75, 3.05) is 26.2 Å². The summed E-state index contributed by atoms with van der Waals surface area (Å²) in [6.45, 7) is 3.33. The van der Waals surface area contributed by atoms with Crippen LogP contribution in [0.25, 0.3) is 0 Å². The molecule has 0 radical (unpaired) electrons. The van der Waals surface area contributed by atoms with E-state index in [0.29, 0.717) is 6.54 Å². The molecule has 0 saturated carbocycles. The molecule has 0 aliphatic carbocycles. The molecule has 2 aliphatic heterocycles. The van der Waals surface area contributed by atoms with Crippen LogP contribution in [0, 0.1) is 0 Å². The van der Waals surface area contributed by atoms with Gasteiger partial charge < -0.3 is 4.90 Å². The number of hydrogen-bond donors (Lipinski definition) is 0. The van der Waals surface area contributed by atoms with Crippen LogP contribution >= 0.6 is 11.6 Å². The number of pyridine rings is 1. The molecule has 0 N–H and O–H groups in total. The van der Waals surface area contributed by atoms with Gasteiger partial charge in [0, 0.05) is 30.2 Å². The molecule has 2 saturated heterocycles. The van der Waals surface area contributed by atoms with E-state index >= 15 is 0 Å². The number of hydrogen-bond acceptors (Lipinski definition) is 3. The molecule has 27 heavy (non-hydrogen) atoms. The predicted molar refractivity (Wildman–Crippen MR) is 108 cm³/mol. The fourth-order valence-corrected chi connectivity index (χ4v) is 4.41. The van der Waals surface area contributed by atoms with E-state index < -0.39 is 0 Å². The second-order valence-corrected chi connectivity index (χ2v) is 7.95. The van der Waals surface area contributed by atoms with Gasteiger partial charge in [0.05, 0.1) is 18.3 Å². The summed E-state index contributed by atoms with van der Waals surface area (Å²) in [6.07, 6.45) is 5.19. The van der Waals surface area contributed by atoms with Gasteiger partial charge >= 0.3 is 0 Å². The molecule has 3 heterocycles. The van der Waals surface area contributed by atoms with Crippen molar-refractivity contribution in [3.63, 3.8) is 0 Å². The van der Waals surface area contributed by atoms with Crippen LogP contribution in [-0.4, -0.2) is 46.9 Å². The highest BCUT2D eigenvalue weighted by Crippen LogP contribution is 2.31. The van der Waals surface area contributed by atoms with E-state index in [1.807, 2.05) is 29.2 Å². The standard InChI is InChI=1S/C22H26ClN3O/c23-19-9-2-1-7-17(19)15-18-8-5-10-20(24-18)21-11-6-14-26(21)16-22(27)25-12-3-4-13-25/h1-2,5,7-10,21H,3-4,6,11-16H2/t21-/m0/s1. The summed E-state index contributed by atoms with van der Waals surface area (Å²) in [5.41, 5.74) is 3.20. The van der Waals surface area contributed by atoms with Gasteiger partial charge in [-0.25, -0.2) is 0 Å². The van der Waals surface area contributed by atoms with Gasteiger partial charge in [0.1, 0.15) is 0 Å². The molecule has 142 valence electrons. The molecular formula is C22H26ClN3O. The van der Waals surface area contributed by atoms with Gasteiger partial charge in [-0.3, -0.25) is 14.7 Å². The molecule has 0 spiro atoms. The number of amides is 1. The summed E-state index contributed by atoms with van der Waals surface area (Å²) in [5, 5.41) is 0.781. The third-order valence-electron chi connectivity index (χ3n) is 5.66. The van der Waals surface area contributed by atoms with Crippen LogP contribution in [0.4, 0.5) is 0 Å². The van der Waals surface area contributed by atoms with Crippen molar-refractivity contribution in [1.82, 2.24) is 14.8 Å². The van der Waals surface area contributed by atoms with Gasteiger partial charge in [0.2, 0.25) is 5.91 Å². The van der Waals surface area contributed by atoms with Crippen molar-refractivity contribution in [2.45, 2.75) is 38.1 Å². The fraction of sp³-hybridized carbons (Fsp3) is 0.455. The van der Waals surface area contributed by atoms with Crippen LogP contribution < -0.4 is 0 Å². The zero-order valence-electron chi connectivity index (χ0n) is 15.6. The Labute approximate surface area is 166 Å². The Morgan fingerprint density at radius 1 is 1.04 bits per heavy atom. The van der Waals surface area contributed by atoms with Crippen molar-refractivity contribution in [3.8, 4) is 0 Å².